The monoisotopic (exact) mass is 537 g/mol. The molecule has 0 aliphatic rings. The van der Waals surface area contributed by atoms with Crippen LogP contribution in [-0.2, 0) is 30.4 Å². The Bertz CT molecular complexity index is 956. The Kier molecular flexibility index (Phi) is 13.8. The van der Waals surface area contributed by atoms with E-state index in [2.05, 4.69) is 16.0 Å². The molecule has 3 amide bonds. The number of nitrogens with two attached hydrogens (primary N) is 2. The molecule has 10 N–H and O–H groups in total. The predicted octanol–water partition coefficient (Wildman–Crippen LogP) is -0.549. The number of phenolic OH excluding ortho intramolecular Hbond substituents is 1. The quantitative estimate of drug-likeness (QED) is 0.118. The zero-order chi connectivity index (χ0) is 28.8. The number of carbonyl (C=O) groups is 5. The summed E-state index contributed by atoms with van der Waals surface area (Å²) in [7, 11) is 0. The molecule has 13 heteroatoms. The molecule has 0 saturated carbocycles. The second kappa shape index (κ2) is 16.2. The average Bonchev–Trinajstić information content (AvgIpc) is 2.86. The number of rotatable bonds is 17. The molecule has 0 saturated heterocycles. The van der Waals surface area contributed by atoms with Gasteiger partial charge in [-0.3, -0.25) is 19.2 Å². The Morgan fingerprint density at radius 3 is 2.00 bits per heavy atom. The molecule has 212 valence electrons. The first-order chi connectivity index (χ1) is 17.9. The van der Waals surface area contributed by atoms with Crippen LogP contribution in [0.4, 0.5) is 0 Å². The summed E-state index contributed by atoms with van der Waals surface area (Å²) >= 11 is 0. The summed E-state index contributed by atoms with van der Waals surface area (Å²) in [4.78, 5) is 61.8. The van der Waals surface area contributed by atoms with E-state index in [1.807, 2.05) is 0 Å². The third-order valence-electron chi connectivity index (χ3n) is 6.10. The number of amides is 3. The van der Waals surface area contributed by atoms with E-state index < -0.39 is 66.2 Å². The first-order valence-electron chi connectivity index (χ1n) is 12.5. The molecule has 13 nitrogen and oxygen atoms in total. The molecule has 0 heterocycles. The lowest BCUT2D eigenvalue weighted by atomic mass is 9.98. The smallest absolute Gasteiger partial charge is 0.326 e. The number of benzene rings is 1. The highest BCUT2D eigenvalue weighted by Gasteiger charge is 2.33. The molecule has 1 aromatic rings. The van der Waals surface area contributed by atoms with E-state index in [9.17, 15) is 39.3 Å². The normalized spacial score (nSPS) is 14.8. The van der Waals surface area contributed by atoms with Crippen molar-refractivity contribution in [1.29, 1.82) is 0 Å². The standard InChI is InChI=1S/C25H39N5O8/c1-3-14(2)21(25(37)38)30-24(36)19(13-20(32)33)29-23(35)18(12-15-7-9-16(31)10-8-15)28-22(34)17(27)6-4-5-11-26/h7-10,14,17-19,21,31H,3-6,11-13,26-27H2,1-2H3,(H,28,34)(H,29,35)(H,30,36)(H,32,33)(H,37,38). The minimum atomic E-state index is -1.61. The molecule has 0 bridgehead atoms. The van der Waals surface area contributed by atoms with Gasteiger partial charge in [0.2, 0.25) is 17.7 Å². The van der Waals surface area contributed by atoms with Crippen LogP contribution in [0.2, 0.25) is 0 Å². The maximum absolute atomic E-state index is 13.2. The SMILES string of the molecule is CCC(C)C(NC(=O)C(CC(=O)O)NC(=O)C(Cc1ccc(O)cc1)NC(=O)C(N)CCCCN)C(=O)O. The van der Waals surface area contributed by atoms with Crippen molar-refractivity contribution in [1.82, 2.24) is 16.0 Å². The maximum Gasteiger partial charge on any atom is 0.326 e. The first kappa shape index (κ1) is 32.3. The highest BCUT2D eigenvalue weighted by Crippen LogP contribution is 2.13. The molecule has 38 heavy (non-hydrogen) atoms. The van der Waals surface area contributed by atoms with Crippen LogP contribution in [0.5, 0.6) is 5.75 Å². The van der Waals surface area contributed by atoms with Gasteiger partial charge in [0.1, 0.15) is 23.9 Å². The fraction of sp³-hybridized carbons (Fsp3) is 0.560. The number of phenols is 1. The Balaban J connectivity index is 3.13. The molecule has 1 aromatic carbocycles. The van der Waals surface area contributed by atoms with Crippen molar-refractivity contribution < 1.29 is 39.3 Å². The van der Waals surface area contributed by atoms with Gasteiger partial charge in [-0.2, -0.15) is 0 Å². The molecule has 0 fully saturated rings. The first-order valence-corrected chi connectivity index (χ1v) is 12.5. The maximum atomic E-state index is 13.2. The number of hydrogen-bond donors (Lipinski definition) is 8. The summed E-state index contributed by atoms with van der Waals surface area (Å²) in [5.41, 5.74) is 12.0. The van der Waals surface area contributed by atoms with Gasteiger partial charge in [-0.15, -0.1) is 0 Å². The fourth-order valence-corrected chi connectivity index (χ4v) is 3.59. The van der Waals surface area contributed by atoms with Gasteiger partial charge in [-0.05, 0) is 43.0 Å². The highest BCUT2D eigenvalue weighted by atomic mass is 16.4. The van der Waals surface area contributed by atoms with E-state index >= 15 is 0 Å². The van der Waals surface area contributed by atoms with Gasteiger partial charge in [0.05, 0.1) is 12.5 Å². The average molecular weight is 538 g/mol. The van der Waals surface area contributed by atoms with Gasteiger partial charge in [-0.25, -0.2) is 4.79 Å². The molecular formula is C25H39N5O8. The van der Waals surface area contributed by atoms with Gasteiger partial charge in [0.15, 0.2) is 0 Å². The van der Waals surface area contributed by atoms with Gasteiger partial charge in [-0.1, -0.05) is 38.8 Å². The summed E-state index contributed by atoms with van der Waals surface area (Å²) < 4.78 is 0. The van der Waals surface area contributed by atoms with E-state index in [-0.39, 0.29) is 12.2 Å². The number of carboxylic acids is 2. The number of nitrogens with one attached hydrogen (secondary N) is 3. The molecule has 0 radical (unpaired) electrons. The van der Waals surface area contributed by atoms with Gasteiger partial charge in [0, 0.05) is 6.42 Å². The van der Waals surface area contributed by atoms with E-state index in [0.717, 1.165) is 0 Å². The van der Waals surface area contributed by atoms with Crippen LogP contribution >= 0.6 is 0 Å². The van der Waals surface area contributed by atoms with Crippen LogP contribution in [0.15, 0.2) is 24.3 Å². The molecule has 1 rings (SSSR count). The van der Waals surface area contributed by atoms with Crippen molar-refractivity contribution in [3.05, 3.63) is 29.8 Å². The molecule has 5 unspecified atom stereocenters. The molecule has 0 aliphatic carbocycles. The molecule has 0 aromatic heterocycles. The Hall–Kier alpha value is -3.71. The van der Waals surface area contributed by atoms with Gasteiger partial charge in [0.25, 0.3) is 0 Å². The molecule has 0 spiro atoms. The molecule has 5 atom stereocenters. The molecular weight excluding hydrogens is 498 g/mol. The zero-order valence-corrected chi connectivity index (χ0v) is 21.7. The Morgan fingerprint density at radius 2 is 1.47 bits per heavy atom. The summed E-state index contributed by atoms with van der Waals surface area (Å²) in [5.74, 6) is -5.63. The largest absolute Gasteiger partial charge is 0.508 e. The number of unbranched alkanes of at least 4 members (excludes halogenated alkanes) is 1. The van der Waals surface area contributed by atoms with E-state index in [1.165, 1.54) is 24.3 Å². The summed E-state index contributed by atoms with van der Waals surface area (Å²) in [6, 6.07) is 0.784. The lowest BCUT2D eigenvalue weighted by Crippen LogP contribution is -2.58. The van der Waals surface area contributed by atoms with Crippen molar-refractivity contribution >= 4 is 29.7 Å². The van der Waals surface area contributed by atoms with Crippen LogP contribution in [-0.4, -0.2) is 75.7 Å². The zero-order valence-electron chi connectivity index (χ0n) is 21.7. The van der Waals surface area contributed by atoms with Crippen LogP contribution in [0.25, 0.3) is 0 Å². The highest BCUT2D eigenvalue weighted by molar-refractivity contribution is 5.95. The van der Waals surface area contributed by atoms with Crippen molar-refractivity contribution in [2.75, 3.05) is 6.54 Å². The summed E-state index contributed by atoms with van der Waals surface area (Å²) in [6.45, 7) is 3.79. The number of carbonyl (C=O) groups excluding carboxylic acids is 3. The summed E-state index contributed by atoms with van der Waals surface area (Å²) in [6.07, 6.45) is 1.15. The summed E-state index contributed by atoms with van der Waals surface area (Å²) in [5, 5.41) is 35.5. The van der Waals surface area contributed by atoms with Gasteiger partial charge < -0.3 is 42.7 Å². The van der Waals surface area contributed by atoms with Crippen LogP contribution < -0.4 is 27.4 Å². The lowest BCUT2D eigenvalue weighted by molar-refractivity contribution is -0.144. The second-order valence-corrected chi connectivity index (χ2v) is 9.19. The van der Waals surface area contributed by atoms with E-state index in [1.54, 1.807) is 13.8 Å². The van der Waals surface area contributed by atoms with Crippen molar-refractivity contribution in [2.24, 2.45) is 17.4 Å². The third-order valence-corrected chi connectivity index (χ3v) is 6.10. The minimum Gasteiger partial charge on any atom is -0.508 e. The third kappa shape index (κ3) is 11.1. The van der Waals surface area contributed by atoms with Crippen LogP contribution in [0.1, 0.15) is 51.5 Å². The van der Waals surface area contributed by atoms with E-state index in [4.69, 9.17) is 11.5 Å². The van der Waals surface area contributed by atoms with Crippen molar-refractivity contribution in [3.63, 3.8) is 0 Å². The lowest BCUT2D eigenvalue weighted by Gasteiger charge is -2.26. The Labute approximate surface area is 221 Å². The van der Waals surface area contributed by atoms with Crippen molar-refractivity contribution in [2.45, 2.75) is 76.5 Å². The van der Waals surface area contributed by atoms with Gasteiger partial charge >= 0.3 is 11.9 Å². The predicted molar refractivity (Wildman–Crippen MR) is 138 cm³/mol. The number of aromatic hydroxyl groups is 1. The topological polar surface area (TPSA) is 234 Å². The Morgan fingerprint density at radius 1 is 0.895 bits per heavy atom. The van der Waals surface area contributed by atoms with Crippen LogP contribution in [0, 0.1) is 5.92 Å². The second-order valence-electron chi connectivity index (χ2n) is 9.19. The van der Waals surface area contributed by atoms with E-state index in [0.29, 0.717) is 37.8 Å². The number of carboxylic acid groups (broad SMARTS) is 2. The number of hydrogen-bond acceptors (Lipinski definition) is 8. The minimum absolute atomic E-state index is 0.00630. The van der Waals surface area contributed by atoms with Crippen LogP contribution in [0.3, 0.4) is 0 Å². The molecule has 0 aliphatic heterocycles. The number of aliphatic carboxylic acids is 2. The fourth-order valence-electron chi connectivity index (χ4n) is 3.59. The van der Waals surface area contributed by atoms with Crippen molar-refractivity contribution in [3.8, 4) is 5.75 Å².